The maximum Gasteiger partial charge on any atom is 0.168 e. The number of epoxide rings is 1. The van der Waals surface area contributed by atoms with Gasteiger partial charge in [0, 0.05) is 11.8 Å². The van der Waals surface area contributed by atoms with Crippen molar-refractivity contribution in [3.8, 4) is 0 Å². The molecule has 2 bridgehead atoms. The molecule has 0 radical (unpaired) electrons. The molecule has 1 aliphatic heterocycles. The molecule has 3 rings (SSSR count). The molecule has 0 aromatic rings. The van der Waals surface area contributed by atoms with E-state index in [2.05, 4.69) is 13.8 Å². The van der Waals surface area contributed by atoms with Crippen LogP contribution in [0.2, 0.25) is 0 Å². The van der Waals surface area contributed by atoms with Gasteiger partial charge in [0.05, 0.1) is 17.3 Å². The predicted molar refractivity (Wildman–Crippen MR) is 92.9 cm³/mol. The monoisotopic (exact) mass is 352 g/mol. The molecular formula is C20H32O5. The lowest BCUT2D eigenvalue weighted by atomic mass is 9.54. The Morgan fingerprint density at radius 3 is 2.44 bits per heavy atom. The van der Waals surface area contributed by atoms with Crippen molar-refractivity contribution in [3.63, 3.8) is 0 Å². The SMILES string of the molecule is C[C@@H]1CC[C@H]2C(=O)[C@H]3O[C@]3(C)CC[C@H](O)[C@@](C)(O)CC[C@]1(C)[C@H]2C=O. The molecule has 3 aliphatic rings. The van der Waals surface area contributed by atoms with Crippen molar-refractivity contribution in [2.75, 3.05) is 0 Å². The Morgan fingerprint density at radius 2 is 1.80 bits per heavy atom. The third-order valence-corrected chi connectivity index (χ3v) is 7.69. The van der Waals surface area contributed by atoms with Gasteiger partial charge in [0.1, 0.15) is 12.4 Å². The molecule has 0 aromatic carbocycles. The minimum Gasteiger partial charge on any atom is -0.390 e. The van der Waals surface area contributed by atoms with Crippen LogP contribution >= 0.6 is 0 Å². The lowest BCUT2D eigenvalue weighted by Crippen LogP contribution is -2.50. The fourth-order valence-electron chi connectivity index (χ4n) is 5.11. The number of carbonyl (C=O) groups excluding carboxylic acids is 2. The zero-order valence-electron chi connectivity index (χ0n) is 15.8. The van der Waals surface area contributed by atoms with Crippen LogP contribution < -0.4 is 0 Å². The predicted octanol–water partition coefficient (Wildman–Crippen LogP) is 2.27. The van der Waals surface area contributed by atoms with Crippen molar-refractivity contribution in [2.24, 2.45) is 23.2 Å². The minimum atomic E-state index is -1.20. The zero-order chi connectivity index (χ0) is 18.6. The summed E-state index contributed by atoms with van der Waals surface area (Å²) < 4.78 is 5.73. The Bertz CT molecular complexity index is 558. The van der Waals surface area contributed by atoms with Crippen molar-refractivity contribution in [1.29, 1.82) is 0 Å². The van der Waals surface area contributed by atoms with Crippen LogP contribution in [0.5, 0.6) is 0 Å². The third kappa shape index (κ3) is 3.08. The first-order valence-electron chi connectivity index (χ1n) is 9.62. The van der Waals surface area contributed by atoms with Crippen molar-refractivity contribution in [1.82, 2.24) is 0 Å². The first-order chi connectivity index (χ1) is 11.5. The molecule has 2 aliphatic carbocycles. The van der Waals surface area contributed by atoms with E-state index in [1.807, 2.05) is 6.92 Å². The molecule has 0 aromatic heterocycles. The second-order valence-electron chi connectivity index (χ2n) is 9.38. The van der Waals surface area contributed by atoms with Crippen LogP contribution in [0.25, 0.3) is 0 Å². The van der Waals surface area contributed by atoms with E-state index in [0.717, 1.165) is 19.1 Å². The molecule has 142 valence electrons. The molecule has 5 nitrogen and oxygen atoms in total. The van der Waals surface area contributed by atoms with Crippen LogP contribution in [0.15, 0.2) is 0 Å². The van der Waals surface area contributed by atoms with Gasteiger partial charge in [-0.05, 0) is 63.7 Å². The van der Waals surface area contributed by atoms with Gasteiger partial charge < -0.3 is 19.7 Å². The highest BCUT2D eigenvalue weighted by Gasteiger charge is 2.61. The van der Waals surface area contributed by atoms with Crippen molar-refractivity contribution in [2.45, 2.75) is 89.6 Å². The summed E-state index contributed by atoms with van der Waals surface area (Å²) in [6.45, 7) is 7.76. The zero-order valence-corrected chi connectivity index (χ0v) is 15.8. The molecule has 1 heterocycles. The van der Waals surface area contributed by atoms with Gasteiger partial charge in [0.2, 0.25) is 0 Å². The summed E-state index contributed by atoms with van der Waals surface area (Å²) >= 11 is 0. The summed E-state index contributed by atoms with van der Waals surface area (Å²) in [7, 11) is 0. The third-order valence-electron chi connectivity index (χ3n) is 7.69. The first kappa shape index (κ1) is 19.0. The van der Waals surface area contributed by atoms with E-state index in [0.29, 0.717) is 25.7 Å². The summed E-state index contributed by atoms with van der Waals surface area (Å²) in [5.74, 6) is -0.307. The molecule has 0 amide bonds. The Hall–Kier alpha value is -0.780. The van der Waals surface area contributed by atoms with E-state index in [4.69, 9.17) is 4.74 Å². The Balaban J connectivity index is 1.97. The topological polar surface area (TPSA) is 87.1 Å². The number of Topliss-reactive ketones (excluding diaryl/α,β-unsaturated/α-hetero) is 1. The number of ketones is 1. The van der Waals surface area contributed by atoms with Gasteiger partial charge in [-0.15, -0.1) is 0 Å². The molecule has 0 spiro atoms. The van der Waals surface area contributed by atoms with Gasteiger partial charge in [-0.1, -0.05) is 13.8 Å². The quantitative estimate of drug-likeness (QED) is 0.558. The van der Waals surface area contributed by atoms with E-state index >= 15 is 0 Å². The van der Waals surface area contributed by atoms with E-state index in [9.17, 15) is 19.8 Å². The number of carbonyl (C=O) groups is 2. The average Bonchev–Trinajstić information content (AvgIpc) is 3.24. The van der Waals surface area contributed by atoms with Crippen molar-refractivity contribution in [3.05, 3.63) is 0 Å². The molecule has 0 unspecified atom stereocenters. The number of hydrogen-bond acceptors (Lipinski definition) is 5. The standard InChI is InChI=1S/C20H32O5/c1-12-5-6-13-14(11-21)18(12,2)9-10-19(3,24)15(22)7-8-20(4)17(25-20)16(13)23/h11-15,17,22,24H,5-10H2,1-4H3/t12-,13-,14+,15+,17-,18+,19+,20-/m1/s1. The molecule has 2 saturated carbocycles. The molecule has 2 N–H and O–H groups in total. The van der Waals surface area contributed by atoms with E-state index < -0.39 is 23.4 Å². The van der Waals surface area contributed by atoms with E-state index in [-0.39, 0.29) is 29.0 Å². The highest BCUT2D eigenvalue weighted by Crippen LogP contribution is 2.54. The highest BCUT2D eigenvalue weighted by molar-refractivity contribution is 5.91. The maximum atomic E-state index is 13.0. The molecular weight excluding hydrogens is 320 g/mol. The normalized spacial score (nSPS) is 54.0. The van der Waals surface area contributed by atoms with Gasteiger partial charge in [0.25, 0.3) is 0 Å². The number of hydrogen-bond donors (Lipinski definition) is 2. The fraction of sp³-hybridized carbons (Fsp3) is 0.900. The number of aldehydes is 1. The lowest BCUT2D eigenvalue weighted by molar-refractivity contribution is -0.140. The first-order valence-corrected chi connectivity index (χ1v) is 9.62. The van der Waals surface area contributed by atoms with Gasteiger partial charge in [-0.25, -0.2) is 0 Å². The number of aliphatic hydroxyl groups excluding tert-OH is 1. The average molecular weight is 352 g/mol. The second-order valence-corrected chi connectivity index (χ2v) is 9.38. The molecule has 3 fully saturated rings. The summed E-state index contributed by atoms with van der Waals surface area (Å²) in [6, 6.07) is 0. The van der Waals surface area contributed by atoms with Crippen LogP contribution in [0.1, 0.15) is 66.2 Å². The number of aliphatic hydroxyl groups is 2. The highest BCUT2D eigenvalue weighted by atomic mass is 16.6. The van der Waals surface area contributed by atoms with Gasteiger partial charge in [-0.2, -0.15) is 0 Å². The molecule has 1 saturated heterocycles. The summed E-state index contributed by atoms with van der Waals surface area (Å²) in [5, 5.41) is 21.2. The molecule has 5 heteroatoms. The Morgan fingerprint density at radius 1 is 1.12 bits per heavy atom. The number of rotatable bonds is 1. The van der Waals surface area contributed by atoms with Crippen molar-refractivity contribution < 1.29 is 24.5 Å². The maximum absolute atomic E-state index is 13.0. The fourth-order valence-corrected chi connectivity index (χ4v) is 5.11. The van der Waals surface area contributed by atoms with Gasteiger partial charge in [0.15, 0.2) is 5.78 Å². The van der Waals surface area contributed by atoms with Crippen molar-refractivity contribution >= 4 is 12.1 Å². The van der Waals surface area contributed by atoms with E-state index in [1.54, 1.807) is 6.92 Å². The summed E-state index contributed by atoms with van der Waals surface area (Å²) in [5.41, 5.74) is -2.12. The number of fused-ring (bicyclic) bond motifs is 3. The smallest absolute Gasteiger partial charge is 0.168 e. The Kier molecular flexibility index (Phi) is 4.66. The second kappa shape index (κ2) is 6.14. The van der Waals surface area contributed by atoms with Crippen LogP contribution in [0.3, 0.4) is 0 Å². The van der Waals surface area contributed by atoms with Gasteiger partial charge >= 0.3 is 0 Å². The molecule has 8 atom stereocenters. The van der Waals surface area contributed by atoms with Gasteiger partial charge in [-0.3, -0.25) is 4.79 Å². The van der Waals surface area contributed by atoms with E-state index in [1.165, 1.54) is 0 Å². The molecule has 25 heavy (non-hydrogen) atoms. The largest absolute Gasteiger partial charge is 0.390 e. The number of ether oxygens (including phenoxy) is 1. The minimum absolute atomic E-state index is 0.0551. The van der Waals surface area contributed by atoms with Crippen LogP contribution in [-0.4, -0.2) is 45.7 Å². The van der Waals surface area contributed by atoms with Crippen LogP contribution in [-0.2, 0) is 14.3 Å². The summed E-state index contributed by atoms with van der Waals surface area (Å²) in [4.78, 5) is 25.1. The Labute approximate surface area is 150 Å². The lowest BCUT2D eigenvalue weighted by Gasteiger charge is -2.49. The van der Waals surface area contributed by atoms with Crippen LogP contribution in [0, 0.1) is 23.2 Å². The van der Waals surface area contributed by atoms with Crippen LogP contribution in [0.4, 0.5) is 0 Å². The summed E-state index contributed by atoms with van der Waals surface area (Å²) in [6.07, 6.45) is 3.21.